The number of fused-ring (bicyclic) bond motifs is 6. The summed E-state index contributed by atoms with van der Waals surface area (Å²) in [5.41, 5.74) is 19.8. The predicted octanol–water partition coefficient (Wildman–Crippen LogP) is 14.5. The first-order valence-corrected chi connectivity index (χ1v) is 21.8. The Balaban J connectivity index is 1.06. The summed E-state index contributed by atoms with van der Waals surface area (Å²) in [6.45, 7) is 0. The maximum atomic E-state index is 2.57. The minimum absolute atomic E-state index is 0.105. The molecule has 0 radical (unpaired) electrons. The summed E-state index contributed by atoms with van der Waals surface area (Å²) in [6, 6.07) is 75.8. The Kier molecular flexibility index (Phi) is 7.12. The zero-order chi connectivity index (χ0) is 38.7. The van der Waals surface area contributed by atoms with Gasteiger partial charge in [0.2, 0.25) is 0 Å². The topological polar surface area (TPSA) is 3.24 Å². The monoisotopic (exact) mass is 755 g/mol. The number of hydrogen-bond donors (Lipinski definition) is 0. The molecule has 4 saturated carbocycles. The van der Waals surface area contributed by atoms with E-state index in [9.17, 15) is 0 Å². The standard InChI is InChI=1S/C58H45N/c1-5-16-39(17-6-1)47-25-15-27-53-56(47)50-36-45(29-31-52(50)58(53)43-33-38-32-40(35-43)54(58)34-38)59(44-22-11-4-12-23-44)46-28-30-49-48-24-13-14-26-51(48)57(55(49)37-46,41-18-7-2-8-19-41)42-20-9-3-10-21-42/h1-31,36-38,40,43,54H,32-35H2. The Morgan fingerprint density at radius 1 is 0.390 bits per heavy atom. The molecule has 1 heteroatoms. The fourth-order valence-corrected chi connectivity index (χ4v) is 13.7. The largest absolute Gasteiger partial charge is 0.310 e. The molecule has 4 fully saturated rings. The molecule has 0 amide bonds. The third-order valence-corrected chi connectivity index (χ3v) is 15.5. The van der Waals surface area contributed by atoms with Gasteiger partial charge < -0.3 is 4.90 Å². The zero-order valence-corrected chi connectivity index (χ0v) is 33.1. The third-order valence-electron chi connectivity index (χ3n) is 15.5. The van der Waals surface area contributed by atoms with E-state index < -0.39 is 5.41 Å². The van der Waals surface area contributed by atoms with Gasteiger partial charge in [0.15, 0.2) is 0 Å². The highest BCUT2D eigenvalue weighted by atomic mass is 15.1. The highest BCUT2D eigenvalue weighted by Crippen LogP contribution is 2.73. The molecule has 14 rings (SSSR count). The molecule has 5 atom stereocenters. The average Bonchev–Trinajstić information content (AvgIpc) is 3.95. The molecule has 0 aliphatic heterocycles. The number of rotatable bonds is 6. The van der Waals surface area contributed by atoms with Crippen LogP contribution in [0.4, 0.5) is 17.1 Å². The van der Waals surface area contributed by atoms with E-state index in [0.717, 1.165) is 29.4 Å². The van der Waals surface area contributed by atoms with Crippen LogP contribution in [0.1, 0.15) is 59.1 Å². The van der Waals surface area contributed by atoms with Crippen LogP contribution >= 0.6 is 0 Å². The lowest BCUT2D eigenvalue weighted by Gasteiger charge is -2.44. The van der Waals surface area contributed by atoms with E-state index in [2.05, 4.69) is 205 Å². The molecule has 0 aromatic heterocycles. The van der Waals surface area contributed by atoms with Gasteiger partial charge >= 0.3 is 0 Å². The van der Waals surface area contributed by atoms with Gasteiger partial charge in [0.1, 0.15) is 0 Å². The van der Waals surface area contributed by atoms with Crippen molar-refractivity contribution >= 4 is 17.1 Å². The van der Waals surface area contributed by atoms with Crippen molar-refractivity contribution in [2.45, 2.75) is 36.5 Å². The number of benzene rings is 8. The zero-order valence-electron chi connectivity index (χ0n) is 33.1. The van der Waals surface area contributed by atoms with E-state index in [-0.39, 0.29) is 5.41 Å². The Morgan fingerprint density at radius 3 is 1.75 bits per heavy atom. The van der Waals surface area contributed by atoms with Crippen molar-refractivity contribution in [3.8, 4) is 33.4 Å². The predicted molar refractivity (Wildman–Crippen MR) is 243 cm³/mol. The molecule has 0 N–H and O–H groups in total. The summed E-state index contributed by atoms with van der Waals surface area (Å²) in [4.78, 5) is 2.52. The Hall–Kier alpha value is -6.44. The second kappa shape index (κ2) is 12.5. The summed E-state index contributed by atoms with van der Waals surface area (Å²) in [5.74, 6) is 3.21. The van der Waals surface area contributed by atoms with Crippen molar-refractivity contribution in [1.82, 2.24) is 0 Å². The maximum Gasteiger partial charge on any atom is 0.0714 e. The van der Waals surface area contributed by atoms with Crippen LogP contribution in [0.3, 0.4) is 0 Å². The molecule has 1 nitrogen and oxygen atoms in total. The van der Waals surface area contributed by atoms with Crippen LogP contribution in [0.25, 0.3) is 33.4 Å². The molecule has 1 spiro atoms. The van der Waals surface area contributed by atoms with Gasteiger partial charge in [-0.1, -0.05) is 164 Å². The molecule has 6 aliphatic rings. The minimum atomic E-state index is -0.471. The Morgan fingerprint density at radius 2 is 1.00 bits per heavy atom. The molecule has 59 heavy (non-hydrogen) atoms. The van der Waals surface area contributed by atoms with E-state index >= 15 is 0 Å². The lowest BCUT2D eigenvalue weighted by molar-refractivity contribution is 0.191. The van der Waals surface area contributed by atoms with Crippen LogP contribution in [0.15, 0.2) is 200 Å². The quantitative estimate of drug-likeness (QED) is 0.163. The van der Waals surface area contributed by atoms with E-state index in [1.807, 2.05) is 0 Å². The first-order chi connectivity index (χ1) is 29.2. The van der Waals surface area contributed by atoms with Crippen LogP contribution in [0, 0.1) is 23.7 Å². The van der Waals surface area contributed by atoms with Crippen molar-refractivity contribution in [1.29, 1.82) is 0 Å². The SMILES string of the molecule is c1ccc(-c2cccc3c2-c2cc(N(c4ccccc4)c4ccc5c(c4)C(c4ccccc4)(c4ccccc4)c4ccccc4-5)ccc2C32C3CC4CC(C3)C2C4)cc1. The first-order valence-electron chi connectivity index (χ1n) is 21.8. The summed E-state index contributed by atoms with van der Waals surface area (Å²) in [6.07, 6.45) is 5.58. The maximum absolute atomic E-state index is 2.57. The summed E-state index contributed by atoms with van der Waals surface area (Å²) >= 11 is 0. The molecule has 0 heterocycles. The fraction of sp³-hybridized carbons (Fsp3) is 0.172. The smallest absolute Gasteiger partial charge is 0.0714 e. The van der Waals surface area contributed by atoms with Crippen molar-refractivity contribution in [3.05, 3.63) is 234 Å². The van der Waals surface area contributed by atoms with E-state index in [4.69, 9.17) is 0 Å². The molecule has 6 aliphatic carbocycles. The number of para-hydroxylation sites is 1. The highest BCUT2D eigenvalue weighted by Gasteiger charge is 2.66. The van der Waals surface area contributed by atoms with E-state index in [1.165, 1.54) is 92.7 Å². The van der Waals surface area contributed by atoms with E-state index in [0.29, 0.717) is 0 Å². The second-order valence-electron chi connectivity index (χ2n) is 18.0. The van der Waals surface area contributed by atoms with Gasteiger partial charge in [-0.3, -0.25) is 0 Å². The molecular weight excluding hydrogens is 711 g/mol. The molecule has 282 valence electrons. The molecular formula is C58H45N. The Labute approximate surface area is 347 Å². The number of anilines is 3. The summed E-state index contributed by atoms with van der Waals surface area (Å²) < 4.78 is 0. The van der Waals surface area contributed by atoms with Gasteiger partial charge in [-0.05, 0) is 153 Å². The molecule has 8 aromatic carbocycles. The summed E-state index contributed by atoms with van der Waals surface area (Å²) in [5, 5.41) is 0. The van der Waals surface area contributed by atoms with Crippen LogP contribution in [0.2, 0.25) is 0 Å². The summed E-state index contributed by atoms with van der Waals surface area (Å²) in [7, 11) is 0. The van der Waals surface area contributed by atoms with Crippen LogP contribution in [0.5, 0.6) is 0 Å². The molecule has 0 saturated heterocycles. The lowest BCUT2D eigenvalue weighted by Crippen LogP contribution is -2.40. The van der Waals surface area contributed by atoms with Crippen LogP contribution < -0.4 is 4.90 Å². The van der Waals surface area contributed by atoms with Crippen molar-refractivity contribution in [2.75, 3.05) is 4.90 Å². The highest BCUT2D eigenvalue weighted by molar-refractivity contribution is 5.96. The van der Waals surface area contributed by atoms with Gasteiger partial charge in [-0.25, -0.2) is 0 Å². The van der Waals surface area contributed by atoms with Gasteiger partial charge in [0.25, 0.3) is 0 Å². The van der Waals surface area contributed by atoms with Gasteiger partial charge in [0, 0.05) is 22.5 Å². The normalized spacial score (nSPS) is 23.2. The molecule has 4 bridgehead atoms. The van der Waals surface area contributed by atoms with Crippen LogP contribution in [-0.4, -0.2) is 0 Å². The van der Waals surface area contributed by atoms with Crippen molar-refractivity contribution < 1.29 is 0 Å². The number of hydrogen-bond acceptors (Lipinski definition) is 1. The Bertz CT molecular complexity index is 2870. The van der Waals surface area contributed by atoms with E-state index in [1.54, 1.807) is 11.1 Å². The first kappa shape index (κ1) is 33.5. The lowest BCUT2D eigenvalue weighted by atomic mass is 9.59. The van der Waals surface area contributed by atoms with Gasteiger partial charge in [0.05, 0.1) is 5.41 Å². The number of nitrogens with zero attached hydrogens (tertiary/aromatic N) is 1. The van der Waals surface area contributed by atoms with Crippen LogP contribution in [-0.2, 0) is 10.8 Å². The average molecular weight is 756 g/mol. The van der Waals surface area contributed by atoms with Crippen molar-refractivity contribution in [2.24, 2.45) is 23.7 Å². The van der Waals surface area contributed by atoms with Gasteiger partial charge in [-0.15, -0.1) is 0 Å². The van der Waals surface area contributed by atoms with Crippen molar-refractivity contribution in [3.63, 3.8) is 0 Å². The molecule has 5 unspecified atom stereocenters. The van der Waals surface area contributed by atoms with Gasteiger partial charge in [-0.2, -0.15) is 0 Å². The fourth-order valence-electron chi connectivity index (χ4n) is 13.7. The minimum Gasteiger partial charge on any atom is -0.310 e. The molecule has 8 aromatic rings. The second-order valence-corrected chi connectivity index (χ2v) is 18.0. The third kappa shape index (κ3) is 4.46.